The Balaban J connectivity index is 1.55. The lowest BCUT2D eigenvalue weighted by Crippen LogP contribution is -2.40. The van der Waals surface area contributed by atoms with Crippen molar-refractivity contribution in [1.82, 2.24) is 29.7 Å². The van der Waals surface area contributed by atoms with Crippen LogP contribution in [0, 0.1) is 6.92 Å². The second kappa shape index (κ2) is 6.91. The minimum atomic E-state index is 0.0476. The lowest BCUT2D eigenvalue weighted by molar-refractivity contribution is -0.131. The van der Waals surface area contributed by atoms with Crippen molar-refractivity contribution >= 4 is 5.91 Å². The Bertz CT molecular complexity index is 638. The second-order valence-electron chi connectivity index (χ2n) is 5.89. The van der Waals surface area contributed by atoms with Crippen molar-refractivity contribution in [3.8, 4) is 0 Å². The Hall–Kier alpha value is -2.22. The van der Waals surface area contributed by atoms with Crippen LogP contribution in [0.15, 0.2) is 23.0 Å². The molecule has 0 saturated carbocycles. The summed E-state index contributed by atoms with van der Waals surface area (Å²) in [5.41, 5.74) is 0. The third-order valence-corrected chi connectivity index (χ3v) is 4.18. The molecular formula is C15H22N6O2. The molecule has 0 bridgehead atoms. The summed E-state index contributed by atoms with van der Waals surface area (Å²) in [4.78, 5) is 20.4. The van der Waals surface area contributed by atoms with Crippen LogP contribution in [0.5, 0.6) is 0 Å². The predicted molar refractivity (Wildman–Crippen MR) is 82.3 cm³/mol. The first-order valence-corrected chi connectivity index (χ1v) is 7.88. The Kier molecular flexibility index (Phi) is 4.71. The minimum Gasteiger partial charge on any atom is -0.340 e. The van der Waals surface area contributed by atoms with E-state index in [0.717, 1.165) is 32.6 Å². The number of aryl methyl sites for hydroxylation is 1. The van der Waals surface area contributed by atoms with E-state index in [1.54, 1.807) is 20.0 Å². The zero-order valence-electron chi connectivity index (χ0n) is 13.6. The molecule has 0 aliphatic carbocycles. The number of hydrogen-bond acceptors (Lipinski definition) is 6. The number of rotatable bonds is 6. The van der Waals surface area contributed by atoms with Gasteiger partial charge in [0, 0.05) is 51.9 Å². The van der Waals surface area contributed by atoms with Crippen LogP contribution in [0.25, 0.3) is 0 Å². The van der Waals surface area contributed by atoms with Gasteiger partial charge in [0.1, 0.15) is 0 Å². The quantitative estimate of drug-likeness (QED) is 0.780. The molecule has 0 radical (unpaired) electrons. The molecule has 3 rings (SSSR count). The fraction of sp³-hybridized carbons (Fsp3) is 0.600. The van der Waals surface area contributed by atoms with E-state index in [1.807, 2.05) is 21.8 Å². The van der Waals surface area contributed by atoms with E-state index < -0.39 is 0 Å². The topological polar surface area (TPSA) is 80.3 Å². The van der Waals surface area contributed by atoms with Crippen LogP contribution < -0.4 is 0 Å². The van der Waals surface area contributed by atoms with E-state index in [9.17, 15) is 4.79 Å². The maximum Gasteiger partial charge on any atom is 0.223 e. The molecule has 3 heterocycles. The standard InChI is InChI=1S/C15H22N6O2/c1-12-17-15(18-23-12)11-21(13(2)22)14-4-7-19(10-14)8-9-20-6-3-5-16-20/h3,5-6,14H,4,7-11H2,1-2H3. The minimum absolute atomic E-state index is 0.0476. The van der Waals surface area contributed by atoms with E-state index >= 15 is 0 Å². The molecule has 0 N–H and O–H groups in total. The molecule has 1 unspecified atom stereocenters. The van der Waals surface area contributed by atoms with Crippen LogP contribution in [0.2, 0.25) is 0 Å². The first-order valence-electron chi connectivity index (χ1n) is 7.88. The highest BCUT2D eigenvalue weighted by Gasteiger charge is 2.30. The molecule has 1 aliphatic rings. The zero-order valence-corrected chi connectivity index (χ0v) is 13.6. The van der Waals surface area contributed by atoms with Crippen LogP contribution in [0.1, 0.15) is 25.1 Å². The van der Waals surface area contributed by atoms with Crippen LogP contribution in [-0.4, -0.2) is 61.3 Å². The molecule has 0 spiro atoms. The van der Waals surface area contributed by atoms with Crippen LogP contribution in [0.3, 0.4) is 0 Å². The van der Waals surface area contributed by atoms with E-state index in [2.05, 4.69) is 20.1 Å². The lowest BCUT2D eigenvalue weighted by Gasteiger charge is -2.27. The normalized spacial score (nSPS) is 18.4. The van der Waals surface area contributed by atoms with Crippen LogP contribution in [-0.2, 0) is 17.9 Å². The molecule has 2 aromatic heterocycles. The highest BCUT2D eigenvalue weighted by Crippen LogP contribution is 2.18. The van der Waals surface area contributed by atoms with Gasteiger partial charge < -0.3 is 9.42 Å². The predicted octanol–water partition coefficient (Wildman–Crippen LogP) is 0.698. The summed E-state index contributed by atoms with van der Waals surface area (Å²) in [7, 11) is 0. The highest BCUT2D eigenvalue weighted by molar-refractivity contribution is 5.73. The summed E-state index contributed by atoms with van der Waals surface area (Å²) in [6.07, 6.45) is 4.72. The van der Waals surface area contributed by atoms with Crippen molar-refractivity contribution < 1.29 is 9.32 Å². The van der Waals surface area contributed by atoms with Gasteiger partial charge in [-0.3, -0.25) is 14.4 Å². The average molecular weight is 318 g/mol. The van der Waals surface area contributed by atoms with Crippen molar-refractivity contribution in [2.75, 3.05) is 19.6 Å². The number of likely N-dealkylation sites (tertiary alicyclic amines) is 1. The maximum absolute atomic E-state index is 12.0. The SMILES string of the molecule is CC(=O)N(Cc1noc(C)n1)C1CCN(CCn2cccn2)C1. The maximum atomic E-state index is 12.0. The summed E-state index contributed by atoms with van der Waals surface area (Å²) in [6.45, 7) is 7.42. The fourth-order valence-corrected chi connectivity index (χ4v) is 3.00. The van der Waals surface area contributed by atoms with Gasteiger partial charge in [-0.05, 0) is 12.5 Å². The molecule has 8 nitrogen and oxygen atoms in total. The summed E-state index contributed by atoms with van der Waals surface area (Å²) in [6, 6.07) is 2.13. The molecular weight excluding hydrogens is 296 g/mol. The third kappa shape index (κ3) is 3.95. The second-order valence-corrected chi connectivity index (χ2v) is 5.89. The number of hydrogen-bond donors (Lipinski definition) is 0. The summed E-state index contributed by atoms with van der Waals surface area (Å²) in [5, 5.41) is 8.11. The molecule has 124 valence electrons. The molecule has 1 amide bonds. The molecule has 1 aliphatic heterocycles. The van der Waals surface area contributed by atoms with Crippen molar-refractivity contribution in [1.29, 1.82) is 0 Å². The van der Waals surface area contributed by atoms with Gasteiger partial charge in [-0.25, -0.2) is 0 Å². The van der Waals surface area contributed by atoms with Crippen molar-refractivity contribution in [2.24, 2.45) is 0 Å². The van der Waals surface area contributed by atoms with Gasteiger partial charge in [-0.2, -0.15) is 10.1 Å². The molecule has 1 atom stereocenters. The smallest absolute Gasteiger partial charge is 0.223 e. The number of carbonyl (C=O) groups excluding carboxylic acids is 1. The zero-order chi connectivity index (χ0) is 16.2. The van der Waals surface area contributed by atoms with Crippen molar-refractivity contribution in [2.45, 2.75) is 39.4 Å². The monoisotopic (exact) mass is 318 g/mol. The van der Waals surface area contributed by atoms with Crippen LogP contribution in [0.4, 0.5) is 0 Å². The average Bonchev–Trinajstić information content (AvgIpc) is 3.24. The van der Waals surface area contributed by atoms with Gasteiger partial charge >= 0.3 is 0 Å². The number of nitrogens with zero attached hydrogens (tertiary/aromatic N) is 6. The Morgan fingerprint density at radius 1 is 1.48 bits per heavy atom. The number of carbonyl (C=O) groups is 1. The largest absolute Gasteiger partial charge is 0.340 e. The summed E-state index contributed by atoms with van der Waals surface area (Å²) in [5.74, 6) is 1.13. The highest BCUT2D eigenvalue weighted by atomic mass is 16.5. The van der Waals surface area contributed by atoms with Gasteiger partial charge in [-0.1, -0.05) is 5.16 Å². The Morgan fingerprint density at radius 3 is 3.00 bits per heavy atom. The van der Waals surface area contributed by atoms with Gasteiger partial charge in [0.05, 0.1) is 13.1 Å². The van der Waals surface area contributed by atoms with E-state index in [0.29, 0.717) is 18.3 Å². The van der Waals surface area contributed by atoms with Gasteiger partial charge in [-0.15, -0.1) is 0 Å². The van der Waals surface area contributed by atoms with Gasteiger partial charge in [0.2, 0.25) is 11.8 Å². The molecule has 2 aromatic rings. The summed E-state index contributed by atoms with van der Waals surface area (Å²) >= 11 is 0. The Morgan fingerprint density at radius 2 is 2.35 bits per heavy atom. The Labute approximate surface area is 135 Å². The van der Waals surface area contributed by atoms with Gasteiger partial charge in [0.25, 0.3) is 0 Å². The van der Waals surface area contributed by atoms with Crippen molar-refractivity contribution in [3.63, 3.8) is 0 Å². The molecule has 1 fully saturated rings. The molecule has 23 heavy (non-hydrogen) atoms. The van der Waals surface area contributed by atoms with Crippen molar-refractivity contribution in [3.05, 3.63) is 30.2 Å². The molecule has 1 saturated heterocycles. The third-order valence-electron chi connectivity index (χ3n) is 4.18. The first kappa shape index (κ1) is 15.7. The number of amides is 1. The lowest BCUT2D eigenvalue weighted by atomic mass is 10.2. The van der Waals surface area contributed by atoms with Gasteiger partial charge in [0.15, 0.2) is 5.82 Å². The van der Waals surface area contributed by atoms with Crippen LogP contribution >= 0.6 is 0 Å². The number of aromatic nitrogens is 4. The van der Waals surface area contributed by atoms with E-state index in [4.69, 9.17) is 4.52 Å². The first-order chi connectivity index (χ1) is 11.1. The fourth-order valence-electron chi connectivity index (χ4n) is 3.00. The molecule has 0 aromatic carbocycles. The van der Waals surface area contributed by atoms with E-state index in [-0.39, 0.29) is 11.9 Å². The molecule has 8 heteroatoms. The van der Waals surface area contributed by atoms with E-state index in [1.165, 1.54) is 0 Å². The summed E-state index contributed by atoms with van der Waals surface area (Å²) < 4.78 is 6.92.